The van der Waals surface area contributed by atoms with Crippen LogP contribution in [0.1, 0.15) is 29.3 Å². The summed E-state index contributed by atoms with van der Waals surface area (Å²) >= 11 is 6.20. The molecule has 2 atom stereocenters. The van der Waals surface area contributed by atoms with Crippen molar-refractivity contribution in [1.82, 2.24) is 20.4 Å². The molecule has 0 saturated carbocycles. The van der Waals surface area contributed by atoms with E-state index in [4.69, 9.17) is 11.6 Å². The molecule has 2 fully saturated rings. The number of anilines is 2. The van der Waals surface area contributed by atoms with Crippen molar-refractivity contribution in [3.8, 4) is 0 Å². The van der Waals surface area contributed by atoms with Gasteiger partial charge in [0.2, 0.25) is 5.91 Å². The predicted molar refractivity (Wildman–Crippen MR) is 157 cm³/mol. The molecule has 0 spiro atoms. The minimum atomic E-state index is -4.24. The van der Waals surface area contributed by atoms with E-state index in [2.05, 4.69) is 16.0 Å². The summed E-state index contributed by atoms with van der Waals surface area (Å²) in [4.78, 5) is 31.1. The van der Waals surface area contributed by atoms with E-state index in [9.17, 15) is 27.9 Å². The van der Waals surface area contributed by atoms with Crippen LogP contribution in [-0.4, -0.2) is 104 Å². The summed E-state index contributed by atoms with van der Waals surface area (Å²) in [6.07, 6.45) is -5.14. The number of aliphatic hydroxyl groups is 1. The van der Waals surface area contributed by atoms with Crippen molar-refractivity contribution < 1.29 is 36.6 Å². The second-order valence-corrected chi connectivity index (χ2v) is 11.4. The van der Waals surface area contributed by atoms with Crippen LogP contribution < -0.4 is 20.9 Å². The highest BCUT2D eigenvalue weighted by Gasteiger charge is 2.32. The highest BCUT2D eigenvalue weighted by Crippen LogP contribution is 2.31. The number of aliphatic hydroxyl groups excluding tert-OH is 1. The Kier molecular flexibility index (Phi) is 11.4. The first-order chi connectivity index (χ1) is 20.9. The van der Waals surface area contributed by atoms with Crippen LogP contribution >= 0.6 is 11.6 Å². The van der Waals surface area contributed by atoms with Crippen LogP contribution in [0, 0.1) is 11.6 Å². The van der Waals surface area contributed by atoms with Gasteiger partial charge >= 0.3 is 6.18 Å². The van der Waals surface area contributed by atoms with E-state index < -0.39 is 47.8 Å². The molecule has 2 amide bonds. The van der Waals surface area contributed by atoms with Crippen LogP contribution in [0.5, 0.6) is 0 Å². The first-order valence-electron chi connectivity index (χ1n) is 14.3. The SMILES string of the molecule is CC(CO)NC(=O)C1CNCCN1Cc1ccc(C(=O)Nc2ccc(Cl)cc2N2CCN(CCC(F)(F)F)CC2)c(F)c1F. The van der Waals surface area contributed by atoms with Gasteiger partial charge in [0.15, 0.2) is 11.6 Å². The lowest BCUT2D eigenvalue weighted by Gasteiger charge is -2.37. The fourth-order valence-corrected chi connectivity index (χ4v) is 5.41. The number of halogens is 6. The Morgan fingerprint density at radius 2 is 1.82 bits per heavy atom. The van der Waals surface area contributed by atoms with Gasteiger partial charge < -0.3 is 26.0 Å². The summed E-state index contributed by atoms with van der Waals surface area (Å²) in [6.45, 7) is 3.94. The van der Waals surface area contributed by atoms with Gasteiger partial charge in [0, 0.05) is 75.5 Å². The molecule has 242 valence electrons. The molecule has 2 unspecified atom stereocenters. The topological polar surface area (TPSA) is 100 Å². The normalized spacial score (nSPS) is 19.1. The molecule has 4 N–H and O–H groups in total. The molecule has 0 aliphatic carbocycles. The fourth-order valence-electron chi connectivity index (χ4n) is 5.24. The third-order valence-corrected chi connectivity index (χ3v) is 7.97. The van der Waals surface area contributed by atoms with Gasteiger partial charge in [-0.2, -0.15) is 13.2 Å². The lowest BCUT2D eigenvalue weighted by Crippen LogP contribution is -2.58. The summed E-state index contributed by atoms with van der Waals surface area (Å²) < 4.78 is 68.4. The molecule has 2 saturated heterocycles. The number of carbonyl (C=O) groups is 2. The number of nitrogens with one attached hydrogen (secondary N) is 3. The first kappa shape index (κ1) is 33.8. The molecule has 2 aliphatic rings. The Hall–Kier alpha value is -3.04. The molecule has 2 aromatic carbocycles. The smallest absolute Gasteiger partial charge is 0.390 e. The van der Waals surface area contributed by atoms with Gasteiger partial charge in [-0.3, -0.25) is 19.4 Å². The summed E-state index contributed by atoms with van der Waals surface area (Å²) in [5.74, 6) is -3.78. The van der Waals surface area contributed by atoms with Gasteiger partial charge in [0.1, 0.15) is 6.04 Å². The zero-order valence-corrected chi connectivity index (χ0v) is 24.9. The van der Waals surface area contributed by atoms with E-state index in [1.165, 1.54) is 24.3 Å². The number of benzene rings is 2. The van der Waals surface area contributed by atoms with Crippen LogP contribution in [-0.2, 0) is 11.3 Å². The minimum Gasteiger partial charge on any atom is -0.394 e. The van der Waals surface area contributed by atoms with Crippen molar-refractivity contribution in [2.24, 2.45) is 0 Å². The van der Waals surface area contributed by atoms with Gasteiger partial charge in [-0.15, -0.1) is 0 Å². The Morgan fingerprint density at radius 3 is 2.50 bits per heavy atom. The number of piperazine rings is 2. The quantitative estimate of drug-likeness (QED) is 0.294. The molecule has 2 aromatic rings. The molecule has 4 rings (SSSR count). The number of hydrogen-bond acceptors (Lipinski definition) is 7. The lowest BCUT2D eigenvalue weighted by molar-refractivity contribution is -0.138. The molecule has 0 bridgehead atoms. The molecule has 0 aromatic heterocycles. The van der Waals surface area contributed by atoms with Crippen molar-refractivity contribution in [1.29, 1.82) is 0 Å². The monoisotopic (exact) mass is 646 g/mol. The third kappa shape index (κ3) is 8.78. The average molecular weight is 647 g/mol. The highest BCUT2D eigenvalue weighted by molar-refractivity contribution is 6.31. The maximum absolute atomic E-state index is 15.3. The van der Waals surface area contributed by atoms with Crippen LogP contribution in [0.25, 0.3) is 0 Å². The largest absolute Gasteiger partial charge is 0.394 e. The Bertz CT molecular complexity index is 1330. The van der Waals surface area contributed by atoms with Gasteiger partial charge in [-0.1, -0.05) is 17.7 Å². The fraction of sp³-hybridized carbons (Fsp3) is 0.517. The van der Waals surface area contributed by atoms with E-state index in [1.54, 1.807) is 22.8 Å². The molecule has 15 heteroatoms. The first-order valence-corrected chi connectivity index (χ1v) is 14.7. The molecule has 2 aliphatic heterocycles. The number of amides is 2. The highest BCUT2D eigenvalue weighted by atomic mass is 35.5. The molecule has 9 nitrogen and oxygen atoms in total. The number of rotatable bonds is 10. The van der Waals surface area contributed by atoms with Gasteiger partial charge in [0.05, 0.1) is 30.0 Å². The zero-order valence-electron chi connectivity index (χ0n) is 24.2. The number of hydrogen-bond donors (Lipinski definition) is 4. The average Bonchev–Trinajstić information content (AvgIpc) is 2.99. The van der Waals surface area contributed by atoms with Crippen molar-refractivity contribution in [2.75, 3.05) is 69.2 Å². The van der Waals surface area contributed by atoms with Gasteiger partial charge in [-0.25, -0.2) is 8.78 Å². The van der Waals surface area contributed by atoms with Crippen molar-refractivity contribution in [3.63, 3.8) is 0 Å². The van der Waals surface area contributed by atoms with Crippen molar-refractivity contribution in [2.45, 2.75) is 38.1 Å². The number of carbonyl (C=O) groups excluding carboxylic acids is 2. The van der Waals surface area contributed by atoms with Crippen LogP contribution in [0.3, 0.4) is 0 Å². The second kappa shape index (κ2) is 14.8. The van der Waals surface area contributed by atoms with Crippen molar-refractivity contribution in [3.05, 3.63) is 58.1 Å². The summed E-state index contributed by atoms with van der Waals surface area (Å²) in [5.41, 5.74) is 0.260. The molecular weight excluding hydrogens is 611 g/mol. The lowest BCUT2D eigenvalue weighted by atomic mass is 10.1. The molecular formula is C29H36ClF5N6O3. The number of nitrogens with zero attached hydrogens (tertiary/aromatic N) is 3. The van der Waals surface area contributed by atoms with Crippen LogP contribution in [0.2, 0.25) is 5.02 Å². The maximum atomic E-state index is 15.3. The van der Waals surface area contributed by atoms with Gasteiger partial charge in [0.25, 0.3) is 5.91 Å². The minimum absolute atomic E-state index is 0.0236. The Morgan fingerprint density at radius 1 is 1.09 bits per heavy atom. The predicted octanol–water partition coefficient (Wildman–Crippen LogP) is 3.22. The third-order valence-electron chi connectivity index (χ3n) is 7.73. The van der Waals surface area contributed by atoms with Crippen LogP contribution in [0.4, 0.5) is 33.3 Å². The van der Waals surface area contributed by atoms with E-state index >= 15 is 8.78 Å². The number of alkyl halides is 3. The Balaban J connectivity index is 1.45. The zero-order chi connectivity index (χ0) is 32.0. The Labute approximate surface area is 257 Å². The molecule has 0 radical (unpaired) electrons. The summed E-state index contributed by atoms with van der Waals surface area (Å²) in [5, 5.41) is 18.0. The molecule has 44 heavy (non-hydrogen) atoms. The standard InChI is InChI=1S/C29H36ClF5N6O3/c1-18(17-42)37-28(44)24-15-36-7-9-41(24)16-19-2-4-21(26(32)25(19)31)27(43)38-22-5-3-20(30)14-23(22)40-12-10-39(11-13-40)8-6-29(33,34)35/h2-5,14,18,24,36,42H,6-13,15-17H2,1H3,(H,37,44)(H,38,43). The van der Waals surface area contributed by atoms with Crippen molar-refractivity contribution >= 4 is 34.8 Å². The van der Waals surface area contributed by atoms with E-state index in [1.807, 2.05) is 4.90 Å². The van der Waals surface area contributed by atoms with Crippen LogP contribution in [0.15, 0.2) is 30.3 Å². The van der Waals surface area contributed by atoms with E-state index in [0.29, 0.717) is 62.2 Å². The second-order valence-electron chi connectivity index (χ2n) is 11.0. The van der Waals surface area contributed by atoms with E-state index in [0.717, 1.165) is 0 Å². The molecule has 2 heterocycles. The summed E-state index contributed by atoms with van der Waals surface area (Å²) in [7, 11) is 0. The maximum Gasteiger partial charge on any atom is 0.390 e. The van der Waals surface area contributed by atoms with Gasteiger partial charge in [-0.05, 0) is 31.2 Å². The summed E-state index contributed by atoms with van der Waals surface area (Å²) in [6, 6.07) is 6.02. The van der Waals surface area contributed by atoms with E-state index in [-0.39, 0.29) is 31.2 Å².